The molecule has 0 atom stereocenters. The van der Waals surface area contributed by atoms with E-state index in [1.54, 1.807) is 6.20 Å². The highest BCUT2D eigenvalue weighted by Gasteiger charge is 2.27. The maximum atomic E-state index is 12.8. The van der Waals surface area contributed by atoms with Gasteiger partial charge in [-0.3, -0.25) is 9.48 Å². The molecule has 2 rings (SSSR count). The quantitative estimate of drug-likeness (QED) is 0.926. The molecule has 5 nitrogen and oxygen atoms in total. The van der Waals surface area contributed by atoms with E-state index in [2.05, 4.69) is 38.1 Å². The first-order chi connectivity index (χ1) is 9.93. The Bertz CT molecular complexity index is 469. The summed E-state index contributed by atoms with van der Waals surface area (Å²) >= 11 is 0. The molecule has 0 bridgehead atoms. The lowest BCUT2D eigenvalue weighted by Crippen LogP contribution is -2.46. The van der Waals surface area contributed by atoms with Crippen LogP contribution in [0.15, 0.2) is 12.4 Å². The van der Waals surface area contributed by atoms with E-state index in [0.717, 1.165) is 38.9 Å². The molecule has 21 heavy (non-hydrogen) atoms. The number of nitrogens with one attached hydrogen (secondary N) is 1. The molecule has 5 heteroatoms. The Kier molecular flexibility index (Phi) is 5.04. The van der Waals surface area contributed by atoms with E-state index < -0.39 is 0 Å². The molecular weight excluding hydrogens is 264 g/mol. The van der Waals surface area contributed by atoms with Gasteiger partial charge in [0.05, 0.1) is 17.3 Å². The summed E-state index contributed by atoms with van der Waals surface area (Å²) in [5, 5.41) is 7.71. The number of carbonyl (C=O) groups is 1. The number of carbonyl (C=O) groups excluding carboxylic acids is 1. The van der Waals surface area contributed by atoms with Crippen LogP contribution in [0.3, 0.4) is 0 Å². The van der Waals surface area contributed by atoms with Crippen LogP contribution in [0.25, 0.3) is 0 Å². The van der Waals surface area contributed by atoms with Crippen molar-refractivity contribution in [3.8, 4) is 0 Å². The molecule has 2 heterocycles. The van der Waals surface area contributed by atoms with E-state index in [9.17, 15) is 4.79 Å². The van der Waals surface area contributed by atoms with Crippen molar-refractivity contribution in [1.29, 1.82) is 0 Å². The molecule has 0 spiro atoms. The number of aromatic nitrogens is 2. The van der Waals surface area contributed by atoms with Gasteiger partial charge in [-0.15, -0.1) is 0 Å². The molecule has 0 unspecified atom stereocenters. The lowest BCUT2D eigenvalue weighted by molar-refractivity contribution is 0.0642. The van der Waals surface area contributed by atoms with Crippen LogP contribution in [-0.4, -0.2) is 46.3 Å². The van der Waals surface area contributed by atoms with Crippen molar-refractivity contribution in [3.63, 3.8) is 0 Å². The minimum atomic E-state index is -0.0944. The lowest BCUT2D eigenvalue weighted by Gasteiger charge is -2.34. The van der Waals surface area contributed by atoms with Gasteiger partial charge in [-0.05, 0) is 53.1 Å². The monoisotopic (exact) mass is 292 g/mol. The van der Waals surface area contributed by atoms with Crippen LogP contribution in [0.5, 0.6) is 0 Å². The third-order valence-corrected chi connectivity index (χ3v) is 3.99. The van der Waals surface area contributed by atoms with Gasteiger partial charge in [0.25, 0.3) is 5.91 Å². The Morgan fingerprint density at radius 3 is 2.62 bits per heavy atom. The zero-order valence-corrected chi connectivity index (χ0v) is 13.7. The van der Waals surface area contributed by atoms with Gasteiger partial charge in [-0.25, -0.2) is 0 Å². The molecule has 1 aliphatic heterocycles. The Labute approximate surface area is 127 Å². The molecular formula is C16H28N4O. The molecule has 1 saturated heterocycles. The van der Waals surface area contributed by atoms with E-state index in [1.807, 2.05) is 15.8 Å². The number of hydrogen-bond donors (Lipinski definition) is 1. The predicted octanol–water partition coefficient (Wildman–Crippen LogP) is 2.24. The van der Waals surface area contributed by atoms with E-state index >= 15 is 0 Å². The predicted molar refractivity (Wildman–Crippen MR) is 84.4 cm³/mol. The molecule has 0 saturated carbocycles. The summed E-state index contributed by atoms with van der Waals surface area (Å²) < 4.78 is 1.87. The van der Waals surface area contributed by atoms with Crippen molar-refractivity contribution < 1.29 is 4.79 Å². The number of rotatable bonds is 4. The van der Waals surface area contributed by atoms with Crippen molar-refractivity contribution >= 4 is 5.91 Å². The minimum absolute atomic E-state index is 0.0944. The molecule has 1 amide bonds. The molecule has 0 aromatic carbocycles. The van der Waals surface area contributed by atoms with Gasteiger partial charge in [0, 0.05) is 18.8 Å². The average molecular weight is 292 g/mol. The maximum absolute atomic E-state index is 12.8. The highest BCUT2D eigenvalue weighted by atomic mass is 16.2. The fourth-order valence-corrected chi connectivity index (χ4v) is 2.78. The van der Waals surface area contributed by atoms with Crippen LogP contribution in [0.2, 0.25) is 0 Å². The first kappa shape index (κ1) is 16.0. The second kappa shape index (κ2) is 6.60. The van der Waals surface area contributed by atoms with Gasteiger partial charge < -0.3 is 10.2 Å². The summed E-state index contributed by atoms with van der Waals surface area (Å²) in [5.41, 5.74) is 0.611. The lowest BCUT2D eigenvalue weighted by atomic mass is 10.0. The number of piperidine rings is 1. The van der Waals surface area contributed by atoms with Crippen LogP contribution in [-0.2, 0) is 5.54 Å². The molecule has 1 aromatic rings. The number of amides is 1. The van der Waals surface area contributed by atoms with Crippen molar-refractivity contribution in [1.82, 2.24) is 20.0 Å². The summed E-state index contributed by atoms with van der Waals surface area (Å²) in [6.07, 6.45) is 6.66. The van der Waals surface area contributed by atoms with Crippen LogP contribution < -0.4 is 5.32 Å². The SMILES string of the molecule is CCCN(C(=O)c1cnn(C(C)(C)C)c1)C1CCNCC1. The van der Waals surface area contributed by atoms with Crippen molar-refractivity contribution in [2.24, 2.45) is 0 Å². The maximum Gasteiger partial charge on any atom is 0.257 e. The van der Waals surface area contributed by atoms with Crippen LogP contribution in [0.4, 0.5) is 0 Å². The summed E-state index contributed by atoms with van der Waals surface area (Å²) in [6, 6.07) is 0.358. The molecule has 118 valence electrons. The molecule has 1 aliphatic rings. The first-order valence-corrected chi connectivity index (χ1v) is 8.00. The second-order valence-corrected chi connectivity index (χ2v) is 6.82. The van der Waals surface area contributed by atoms with E-state index in [0.29, 0.717) is 11.6 Å². The molecule has 1 fully saturated rings. The largest absolute Gasteiger partial charge is 0.335 e. The van der Waals surface area contributed by atoms with E-state index in [1.165, 1.54) is 0 Å². The molecule has 1 aromatic heterocycles. The summed E-state index contributed by atoms with van der Waals surface area (Å²) in [7, 11) is 0. The van der Waals surface area contributed by atoms with E-state index in [4.69, 9.17) is 0 Å². The van der Waals surface area contributed by atoms with Gasteiger partial charge in [-0.2, -0.15) is 5.10 Å². The standard InChI is InChI=1S/C16H28N4O/c1-5-10-19(14-6-8-17-9-7-14)15(21)13-11-18-20(12-13)16(2,3)4/h11-12,14,17H,5-10H2,1-4H3. The summed E-state index contributed by atoms with van der Waals surface area (Å²) in [5.74, 6) is 0.124. The highest BCUT2D eigenvalue weighted by Crippen LogP contribution is 2.18. The third kappa shape index (κ3) is 3.84. The first-order valence-electron chi connectivity index (χ1n) is 8.00. The minimum Gasteiger partial charge on any atom is -0.335 e. The Morgan fingerprint density at radius 1 is 1.43 bits per heavy atom. The molecule has 0 aliphatic carbocycles. The zero-order chi connectivity index (χ0) is 15.5. The zero-order valence-electron chi connectivity index (χ0n) is 13.7. The topological polar surface area (TPSA) is 50.2 Å². The second-order valence-electron chi connectivity index (χ2n) is 6.82. The van der Waals surface area contributed by atoms with E-state index in [-0.39, 0.29) is 11.4 Å². The van der Waals surface area contributed by atoms with Crippen molar-refractivity contribution in [2.45, 2.75) is 58.5 Å². The summed E-state index contributed by atoms with van der Waals surface area (Å²) in [6.45, 7) is 11.2. The van der Waals surface area contributed by atoms with Crippen LogP contribution in [0.1, 0.15) is 57.3 Å². The normalized spacial score (nSPS) is 17.0. The number of nitrogens with zero attached hydrogens (tertiary/aromatic N) is 3. The molecule has 1 N–H and O–H groups in total. The average Bonchev–Trinajstić information content (AvgIpc) is 2.95. The third-order valence-electron chi connectivity index (χ3n) is 3.99. The Morgan fingerprint density at radius 2 is 2.10 bits per heavy atom. The van der Waals surface area contributed by atoms with Gasteiger partial charge in [0.1, 0.15) is 0 Å². The fourth-order valence-electron chi connectivity index (χ4n) is 2.78. The van der Waals surface area contributed by atoms with Gasteiger partial charge in [-0.1, -0.05) is 6.92 Å². The Balaban J connectivity index is 2.15. The van der Waals surface area contributed by atoms with Crippen molar-refractivity contribution in [2.75, 3.05) is 19.6 Å². The smallest absolute Gasteiger partial charge is 0.257 e. The van der Waals surface area contributed by atoms with Crippen molar-refractivity contribution in [3.05, 3.63) is 18.0 Å². The number of hydrogen-bond acceptors (Lipinski definition) is 3. The van der Waals surface area contributed by atoms with Gasteiger partial charge in [0.2, 0.25) is 0 Å². The summed E-state index contributed by atoms with van der Waals surface area (Å²) in [4.78, 5) is 14.9. The Hall–Kier alpha value is -1.36. The van der Waals surface area contributed by atoms with Crippen LogP contribution >= 0.6 is 0 Å². The van der Waals surface area contributed by atoms with Gasteiger partial charge >= 0.3 is 0 Å². The fraction of sp³-hybridized carbons (Fsp3) is 0.750. The van der Waals surface area contributed by atoms with Crippen LogP contribution in [0, 0.1) is 0 Å². The molecule has 0 radical (unpaired) electrons. The highest BCUT2D eigenvalue weighted by molar-refractivity contribution is 5.94. The van der Waals surface area contributed by atoms with Gasteiger partial charge in [0.15, 0.2) is 0 Å².